The minimum atomic E-state index is -0.457. The number of aromatic nitrogens is 2. The molecule has 3 rings (SSSR count). The van der Waals surface area contributed by atoms with E-state index in [0.717, 1.165) is 18.2 Å². The third kappa shape index (κ3) is 2.17. The summed E-state index contributed by atoms with van der Waals surface area (Å²) in [5, 5.41) is 3.12. The number of ether oxygens (including phenoxy) is 1. The first kappa shape index (κ1) is 12.0. The normalized spacial score (nSPS) is 21.2. The molecule has 1 N–H and O–H groups in total. The Kier molecular flexibility index (Phi) is 3.13. The fraction of sp³-hybridized carbons (Fsp3) is 0.286. The Hall–Kier alpha value is -2.01. The molecule has 0 saturated carbocycles. The number of benzene rings is 1. The van der Waals surface area contributed by atoms with Crippen LogP contribution in [0.25, 0.3) is 0 Å². The van der Waals surface area contributed by atoms with Gasteiger partial charge in [0.2, 0.25) is 0 Å². The van der Waals surface area contributed by atoms with Crippen molar-refractivity contribution in [3.05, 3.63) is 53.7 Å². The maximum atomic E-state index is 13.6. The number of hydrogen-bond acceptors (Lipinski definition) is 4. The van der Waals surface area contributed by atoms with E-state index < -0.39 is 5.82 Å². The fourth-order valence-corrected chi connectivity index (χ4v) is 2.51. The molecule has 1 aromatic carbocycles. The van der Waals surface area contributed by atoms with Gasteiger partial charge in [0.25, 0.3) is 0 Å². The van der Waals surface area contributed by atoms with Gasteiger partial charge < -0.3 is 10.1 Å². The first-order valence-corrected chi connectivity index (χ1v) is 6.12. The Morgan fingerprint density at radius 2 is 2.21 bits per heavy atom. The molecule has 4 nitrogen and oxygen atoms in total. The van der Waals surface area contributed by atoms with E-state index in [1.54, 1.807) is 7.11 Å². The Morgan fingerprint density at radius 3 is 3.00 bits per heavy atom. The van der Waals surface area contributed by atoms with Gasteiger partial charge in [-0.05, 0) is 11.1 Å². The van der Waals surface area contributed by atoms with E-state index in [-0.39, 0.29) is 18.0 Å². The van der Waals surface area contributed by atoms with Gasteiger partial charge in [-0.2, -0.15) is 0 Å². The van der Waals surface area contributed by atoms with Gasteiger partial charge in [-0.25, -0.2) is 14.4 Å². The predicted octanol–water partition coefficient (Wildman–Crippen LogP) is 2.34. The maximum absolute atomic E-state index is 13.6. The number of methoxy groups -OCH3 is 1. The van der Waals surface area contributed by atoms with Gasteiger partial charge in [0.05, 0.1) is 18.3 Å². The van der Waals surface area contributed by atoms with Gasteiger partial charge in [0, 0.05) is 13.5 Å². The molecule has 0 saturated heterocycles. The van der Waals surface area contributed by atoms with Gasteiger partial charge in [0.1, 0.15) is 6.33 Å². The Labute approximate surface area is 110 Å². The van der Waals surface area contributed by atoms with Crippen LogP contribution in [0.3, 0.4) is 0 Å². The lowest BCUT2D eigenvalue weighted by Crippen LogP contribution is -2.24. The van der Waals surface area contributed by atoms with Crippen LogP contribution >= 0.6 is 0 Å². The van der Waals surface area contributed by atoms with Crippen molar-refractivity contribution >= 4 is 5.82 Å². The molecular weight excluding hydrogens is 245 g/mol. The first-order valence-electron chi connectivity index (χ1n) is 6.12. The highest BCUT2D eigenvalue weighted by molar-refractivity contribution is 5.45. The summed E-state index contributed by atoms with van der Waals surface area (Å²) in [5.41, 5.74) is 2.36. The highest BCUT2D eigenvalue weighted by atomic mass is 19.1. The van der Waals surface area contributed by atoms with Gasteiger partial charge >= 0.3 is 0 Å². The van der Waals surface area contributed by atoms with Crippen molar-refractivity contribution in [2.75, 3.05) is 12.4 Å². The zero-order valence-electron chi connectivity index (χ0n) is 10.5. The number of hydrogen-bond donors (Lipinski definition) is 1. The second-order valence-electron chi connectivity index (χ2n) is 4.52. The maximum Gasteiger partial charge on any atom is 0.183 e. The SMILES string of the molecule is CO[C@H]1Cc2ccccc2[C@H]1Nc1ncncc1F. The first-order chi connectivity index (χ1) is 9.29. The third-order valence-electron chi connectivity index (χ3n) is 3.45. The molecular formula is C14H14FN3O. The largest absolute Gasteiger partial charge is 0.379 e. The van der Waals surface area contributed by atoms with Crippen LogP contribution in [0.5, 0.6) is 0 Å². The van der Waals surface area contributed by atoms with E-state index in [4.69, 9.17) is 4.74 Å². The van der Waals surface area contributed by atoms with Crippen molar-refractivity contribution in [2.45, 2.75) is 18.6 Å². The minimum absolute atomic E-state index is 0.0215. The molecule has 0 fully saturated rings. The lowest BCUT2D eigenvalue weighted by Gasteiger charge is -2.21. The predicted molar refractivity (Wildman–Crippen MR) is 69.3 cm³/mol. The summed E-state index contributed by atoms with van der Waals surface area (Å²) in [6.45, 7) is 0. The van der Waals surface area contributed by atoms with Crippen molar-refractivity contribution in [1.29, 1.82) is 0 Å². The molecule has 19 heavy (non-hydrogen) atoms. The molecule has 1 aliphatic rings. The highest BCUT2D eigenvalue weighted by Crippen LogP contribution is 2.35. The summed E-state index contributed by atoms with van der Waals surface area (Å²) in [6, 6.07) is 7.98. The van der Waals surface area contributed by atoms with Crippen LogP contribution in [0.15, 0.2) is 36.8 Å². The zero-order chi connectivity index (χ0) is 13.2. The quantitative estimate of drug-likeness (QED) is 0.919. The number of rotatable bonds is 3. The Bertz CT molecular complexity index is 590. The van der Waals surface area contributed by atoms with Crippen molar-refractivity contribution < 1.29 is 9.13 Å². The van der Waals surface area contributed by atoms with Crippen molar-refractivity contribution in [2.24, 2.45) is 0 Å². The molecule has 2 atom stereocenters. The van der Waals surface area contributed by atoms with Crippen LogP contribution in [-0.4, -0.2) is 23.2 Å². The second kappa shape index (κ2) is 4.93. The zero-order valence-corrected chi connectivity index (χ0v) is 10.5. The van der Waals surface area contributed by atoms with E-state index in [0.29, 0.717) is 0 Å². The minimum Gasteiger partial charge on any atom is -0.379 e. The van der Waals surface area contributed by atoms with Crippen molar-refractivity contribution in [3.63, 3.8) is 0 Å². The Morgan fingerprint density at radius 1 is 1.37 bits per heavy atom. The third-order valence-corrected chi connectivity index (χ3v) is 3.45. The molecule has 1 aliphatic carbocycles. The Balaban J connectivity index is 1.93. The molecule has 0 amide bonds. The van der Waals surface area contributed by atoms with Crippen molar-refractivity contribution in [1.82, 2.24) is 9.97 Å². The molecule has 0 spiro atoms. The fourth-order valence-electron chi connectivity index (χ4n) is 2.51. The molecule has 0 radical (unpaired) electrons. The summed E-state index contributed by atoms with van der Waals surface area (Å²) in [7, 11) is 1.67. The summed E-state index contributed by atoms with van der Waals surface area (Å²) < 4.78 is 19.1. The molecule has 0 unspecified atom stereocenters. The van der Waals surface area contributed by atoms with Crippen LogP contribution < -0.4 is 5.32 Å². The van der Waals surface area contributed by atoms with E-state index in [1.165, 1.54) is 11.9 Å². The molecule has 5 heteroatoms. The van der Waals surface area contributed by atoms with Crippen LogP contribution in [0, 0.1) is 5.82 Å². The van der Waals surface area contributed by atoms with Crippen molar-refractivity contribution in [3.8, 4) is 0 Å². The highest BCUT2D eigenvalue weighted by Gasteiger charge is 2.32. The molecule has 2 aromatic rings. The number of halogens is 1. The smallest absolute Gasteiger partial charge is 0.183 e. The second-order valence-corrected chi connectivity index (χ2v) is 4.52. The number of nitrogens with one attached hydrogen (secondary N) is 1. The van der Waals surface area contributed by atoms with Gasteiger partial charge in [0.15, 0.2) is 11.6 Å². The summed E-state index contributed by atoms with van der Waals surface area (Å²) in [4.78, 5) is 7.58. The molecule has 98 valence electrons. The molecule has 0 bridgehead atoms. The van der Waals surface area contributed by atoms with E-state index >= 15 is 0 Å². The topological polar surface area (TPSA) is 47.0 Å². The summed E-state index contributed by atoms with van der Waals surface area (Å²) in [5.74, 6) is -0.250. The van der Waals surface area contributed by atoms with E-state index in [9.17, 15) is 4.39 Å². The average molecular weight is 259 g/mol. The van der Waals surface area contributed by atoms with Crippen LogP contribution in [0.1, 0.15) is 17.2 Å². The van der Waals surface area contributed by atoms with Crippen LogP contribution in [0.4, 0.5) is 10.2 Å². The standard InChI is InChI=1S/C14H14FN3O/c1-19-12-6-9-4-2-3-5-10(9)13(12)18-14-11(15)7-16-8-17-14/h2-5,7-8,12-13H,6H2,1H3,(H,16,17,18)/t12-,13+/m0/s1. The van der Waals surface area contributed by atoms with E-state index in [2.05, 4.69) is 21.4 Å². The van der Waals surface area contributed by atoms with Gasteiger partial charge in [-0.15, -0.1) is 0 Å². The number of nitrogens with zero attached hydrogens (tertiary/aromatic N) is 2. The average Bonchev–Trinajstić information content (AvgIpc) is 2.79. The lowest BCUT2D eigenvalue weighted by molar-refractivity contribution is 0.0958. The molecule has 0 aliphatic heterocycles. The molecule has 1 aromatic heterocycles. The summed E-state index contributed by atoms with van der Waals surface area (Å²) >= 11 is 0. The summed E-state index contributed by atoms with van der Waals surface area (Å²) in [6.07, 6.45) is 3.27. The van der Waals surface area contributed by atoms with Gasteiger partial charge in [-0.1, -0.05) is 24.3 Å². The number of fused-ring (bicyclic) bond motifs is 1. The van der Waals surface area contributed by atoms with Gasteiger partial charge in [-0.3, -0.25) is 0 Å². The number of anilines is 1. The van der Waals surface area contributed by atoms with Crippen LogP contribution in [0.2, 0.25) is 0 Å². The monoisotopic (exact) mass is 259 g/mol. The lowest BCUT2D eigenvalue weighted by atomic mass is 10.1. The van der Waals surface area contributed by atoms with E-state index in [1.807, 2.05) is 18.2 Å². The van der Waals surface area contributed by atoms with Crippen LogP contribution in [-0.2, 0) is 11.2 Å². The molecule has 1 heterocycles.